The summed E-state index contributed by atoms with van der Waals surface area (Å²) in [5.41, 5.74) is 4.70. The van der Waals surface area contributed by atoms with Crippen LogP contribution in [0.5, 0.6) is 5.75 Å². The molecule has 1 N–H and O–H groups in total. The molecule has 0 bridgehead atoms. The lowest BCUT2D eigenvalue weighted by molar-refractivity contribution is -0.137. The van der Waals surface area contributed by atoms with E-state index >= 15 is 0 Å². The van der Waals surface area contributed by atoms with Crippen LogP contribution in [0.15, 0.2) is 72.8 Å². The highest BCUT2D eigenvalue weighted by Gasteiger charge is 2.35. The van der Waals surface area contributed by atoms with Crippen molar-refractivity contribution >= 4 is 11.9 Å². The van der Waals surface area contributed by atoms with Gasteiger partial charge in [-0.25, -0.2) is 0 Å². The number of carboxylic acid groups (broad SMARTS) is 1. The number of carboxylic acids is 1. The Morgan fingerprint density at radius 2 is 1.68 bits per heavy atom. The summed E-state index contributed by atoms with van der Waals surface area (Å²) in [6.07, 6.45) is 2.42. The number of ether oxygens (including phenoxy) is 1. The maximum atomic E-state index is 13.4. The molecule has 0 radical (unpaired) electrons. The van der Waals surface area contributed by atoms with Crippen LogP contribution in [0.1, 0.15) is 52.9 Å². The first kappa shape index (κ1) is 23.6. The van der Waals surface area contributed by atoms with Crippen molar-refractivity contribution in [3.63, 3.8) is 0 Å². The van der Waals surface area contributed by atoms with Crippen molar-refractivity contribution in [3.8, 4) is 5.75 Å². The largest absolute Gasteiger partial charge is 0.487 e. The molecular formula is C29H31NO4. The molecule has 0 spiro atoms. The average Bonchev–Trinajstić information content (AvgIpc) is 3.17. The fourth-order valence-corrected chi connectivity index (χ4v) is 4.55. The molecule has 3 aromatic carbocycles. The van der Waals surface area contributed by atoms with Crippen molar-refractivity contribution in [2.45, 2.75) is 51.7 Å². The van der Waals surface area contributed by atoms with E-state index in [2.05, 4.69) is 38.1 Å². The number of benzene rings is 3. The van der Waals surface area contributed by atoms with Gasteiger partial charge in [0.1, 0.15) is 11.4 Å². The number of rotatable bonds is 9. The van der Waals surface area contributed by atoms with Gasteiger partial charge in [0, 0.05) is 31.5 Å². The van der Waals surface area contributed by atoms with Crippen LogP contribution in [-0.4, -0.2) is 34.0 Å². The van der Waals surface area contributed by atoms with Crippen LogP contribution >= 0.6 is 0 Å². The minimum Gasteiger partial charge on any atom is -0.487 e. The topological polar surface area (TPSA) is 66.8 Å². The molecule has 1 atom stereocenters. The summed E-state index contributed by atoms with van der Waals surface area (Å²) in [7, 11) is 0. The first-order valence-electron chi connectivity index (χ1n) is 11.8. The molecule has 1 aliphatic heterocycles. The monoisotopic (exact) mass is 457 g/mol. The van der Waals surface area contributed by atoms with Gasteiger partial charge in [0.05, 0.1) is 6.42 Å². The molecule has 1 aliphatic rings. The molecule has 34 heavy (non-hydrogen) atoms. The molecule has 0 saturated heterocycles. The summed E-state index contributed by atoms with van der Waals surface area (Å²) in [6, 6.07) is 23.8. The fourth-order valence-electron chi connectivity index (χ4n) is 4.55. The SMILES string of the molecule is CCc1ccc(CC2(C)Cc3cc(C(=O)N(CCC(=O)O)Cc4ccccc4)ccc3O2)cc1. The van der Waals surface area contributed by atoms with E-state index in [4.69, 9.17) is 9.84 Å². The van der Waals surface area contributed by atoms with Crippen molar-refractivity contribution in [2.24, 2.45) is 0 Å². The highest BCUT2D eigenvalue weighted by atomic mass is 16.5. The molecule has 176 valence electrons. The highest BCUT2D eigenvalue weighted by Crippen LogP contribution is 2.37. The molecule has 3 aromatic rings. The van der Waals surface area contributed by atoms with Gasteiger partial charge in [-0.3, -0.25) is 9.59 Å². The van der Waals surface area contributed by atoms with Crippen LogP contribution in [-0.2, 0) is 30.6 Å². The number of nitrogens with zero attached hydrogens (tertiary/aromatic N) is 1. The quantitative estimate of drug-likeness (QED) is 0.473. The first-order valence-corrected chi connectivity index (χ1v) is 11.8. The standard InChI is InChI=1S/C29H31NO4/c1-3-21-9-11-22(12-10-21)18-29(2)19-25-17-24(13-14-26(25)34-29)28(33)30(16-15-27(31)32)20-23-7-5-4-6-8-23/h4-14,17H,3,15-16,18-20H2,1-2H3,(H,31,32). The van der Waals surface area contributed by atoms with Gasteiger partial charge in [-0.05, 0) is 53.8 Å². The highest BCUT2D eigenvalue weighted by molar-refractivity contribution is 5.95. The van der Waals surface area contributed by atoms with Gasteiger partial charge in [-0.1, -0.05) is 61.5 Å². The molecule has 1 amide bonds. The molecule has 1 heterocycles. The molecule has 4 rings (SSSR count). The van der Waals surface area contributed by atoms with E-state index in [-0.39, 0.29) is 24.5 Å². The van der Waals surface area contributed by atoms with Gasteiger partial charge in [-0.15, -0.1) is 0 Å². The number of hydrogen-bond acceptors (Lipinski definition) is 3. The predicted molar refractivity (Wildman–Crippen MR) is 132 cm³/mol. The fraction of sp³-hybridized carbons (Fsp3) is 0.310. The number of carbonyl (C=O) groups is 2. The van der Waals surface area contributed by atoms with Crippen molar-refractivity contribution in [1.82, 2.24) is 4.90 Å². The summed E-state index contributed by atoms with van der Waals surface area (Å²) in [6.45, 7) is 4.78. The van der Waals surface area contributed by atoms with Gasteiger partial charge < -0.3 is 14.7 Å². The van der Waals surface area contributed by atoms with E-state index in [1.165, 1.54) is 11.1 Å². The van der Waals surface area contributed by atoms with Crippen molar-refractivity contribution in [1.29, 1.82) is 0 Å². The van der Waals surface area contributed by atoms with Crippen LogP contribution in [0.4, 0.5) is 0 Å². The molecule has 1 unspecified atom stereocenters. The third-order valence-electron chi connectivity index (χ3n) is 6.34. The van der Waals surface area contributed by atoms with Gasteiger partial charge in [0.15, 0.2) is 0 Å². The smallest absolute Gasteiger partial charge is 0.305 e. The van der Waals surface area contributed by atoms with Crippen molar-refractivity contribution in [3.05, 3.63) is 101 Å². The van der Waals surface area contributed by atoms with Crippen molar-refractivity contribution < 1.29 is 19.4 Å². The van der Waals surface area contributed by atoms with Crippen LogP contribution in [0.3, 0.4) is 0 Å². The maximum absolute atomic E-state index is 13.4. The number of fused-ring (bicyclic) bond motifs is 1. The second-order valence-corrected chi connectivity index (χ2v) is 9.25. The summed E-state index contributed by atoms with van der Waals surface area (Å²) >= 11 is 0. The Kier molecular flexibility index (Phi) is 7.01. The molecule has 0 fully saturated rings. The molecule has 5 nitrogen and oxygen atoms in total. The van der Waals surface area contributed by atoms with Crippen LogP contribution in [0, 0.1) is 0 Å². The van der Waals surface area contributed by atoms with Gasteiger partial charge in [0.25, 0.3) is 5.91 Å². The van der Waals surface area contributed by atoms with Gasteiger partial charge >= 0.3 is 5.97 Å². The Morgan fingerprint density at radius 1 is 0.971 bits per heavy atom. The zero-order valence-electron chi connectivity index (χ0n) is 19.8. The number of aliphatic carboxylic acids is 1. The van der Waals surface area contributed by atoms with Crippen molar-refractivity contribution in [2.75, 3.05) is 6.54 Å². The minimum absolute atomic E-state index is 0.0957. The van der Waals surface area contributed by atoms with E-state index in [0.29, 0.717) is 18.5 Å². The van der Waals surface area contributed by atoms with Gasteiger partial charge in [0.2, 0.25) is 0 Å². The molecular weight excluding hydrogens is 426 g/mol. The zero-order valence-corrected chi connectivity index (χ0v) is 19.8. The Labute approximate surface area is 201 Å². The summed E-state index contributed by atoms with van der Waals surface area (Å²) in [5, 5.41) is 9.16. The normalized spacial score (nSPS) is 16.5. The number of carbonyl (C=O) groups excluding carboxylic acids is 1. The second kappa shape index (κ2) is 10.1. The second-order valence-electron chi connectivity index (χ2n) is 9.25. The third-order valence-corrected chi connectivity index (χ3v) is 6.34. The number of hydrogen-bond donors (Lipinski definition) is 1. The maximum Gasteiger partial charge on any atom is 0.305 e. The predicted octanol–water partition coefficient (Wildman–Crippen LogP) is 5.30. The van der Waals surface area contributed by atoms with Gasteiger partial charge in [-0.2, -0.15) is 0 Å². The van der Waals surface area contributed by atoms with E-state index in [1.54, 1.807) is 11.0 Å². The molecule has 0 aliphatic carbocycles. The van der Waals surface area contributed by atoms with Crippen LogP contribution in [0.2, 0.25) is 0 Å². The zero-order chi connectivity index (χ0) is 24.1. The lowest BCUT2D eigenvalue weighted by Gasteiger charge is -2.24. The first-order chi connectivity index (χ1) is 16.3. The lowest BCUT2D eigenvalue weighted by Crippen LogP contribution is -2.33. The Hall–Kier alpha value is -3.60. The van der Waals surface area contributed by atoms with E-state index in [1.807, 2.05) is 42.5 Å². The van der Waals surface area contributed by atoms with Crippen LogP contribution in [0.25, 0.3) is 0 Å². The lowest BCUT2D eigenvalue weighted by atomic mass is 9.91. The Bertz CT molecular complexity index is 1160. The minimum atomic E-state index is -0.920. The third kappa shape index (κ3) is 5.66. The average molecular weight is 458 g/mol. The summed E-state index contributed by atoms with van der Waals surface area (Å²) in [5.74, 6) is -0.281. The summed E-state index contributed by atoms with van der Waals surface area (Å²) in [4.78, 5) is 26.1. The molecule has 0 saturated carbocycles. The molecule has 0 aromatic heterocycles. The van der Waals surface area contributed by atoms with Crippen LogP contribution < -0.4 is 4.74 Å². The Morgan fingerprint density at radius 3 is 2.35 bits per heavy atom. The number of aryl methyl sites for hydroxylation is 1. The summed E-state index contributed by atoms with van der Waals surface area (Å²) < 4.78 is 6.32. The van der Waals surface area contributed by atoms with E-state index in [0.717, 1.165) is 29.7 Å². The molecule has 5 heteroatoms. The number of amides is 1. The van der Waals surface area contributed by atoms with E-state index in [9.17, 15) is 9.59 Å². The van der Waals surface area contributed by atoms with E-state index < -0.39 is 5.97 Å². The Balaban J connectivity index is 1.50.